The van der Waals surface area contributed by atoms with Gasteiger partial charge in [-0.2, -0.15) is 0 Å². The maximum atomic E-state index is 5.58. The molecule has 0 aliphatic heterocycles. The van der Waals surface area contributed by atoms with Gasteiger partial charge in [0.25, 0.3) is 0 Å². The number of aromatic nitrogens is 1. The molecule has 84 valence electrons. The summed E-state index contributed by atoms with van der Waals surface area (Å²) in [6.07, 6.45) is 6.31. The Morgan fingerprint density at radius 2 is 1.94 bits per heavy atom. The molecule has 4 rings (SSSR count). The summed E-state index contributed by atoms with van der Waals surface area (Å²) >= 11 is 0. The van der Waals surface area contributed by atoms with Crippen LogP contribution in [0.4, 0.5) is 11.5 Å². The molecule has 1 aromatic heterocycles. The molecule has 1 aromatic rings. The van der Waals surface area contributed by atoms with Gasteiger partial charge in [-0.25, -0.2) is 4.98 Å². The maximum Gasteiger partial charge on any atom is 0.123 e. The van der Waals surface area contributed by atoms with Gasteiger partial charge < -0.3 is 11.1 Å². The first-order valence-corrected chi connectivity index (χ1v) is 6.31. The summed E-state index contributed by atoms with van der Waals surface area (Å²) in [5.41, 5.74) is 6.71. The minimum absolute atomic E-state index is 0.599. The molecule has 0 amide bonds. The summed E-state index contributed by atoms with van der Waals surface area (Å²) in [6.45, 7) is 0. The van der Waals surface area contributed by atoms with E-state index in [1.165, 1.54) is 19.3 Å². The second kappa shape index (κ2) is 2.90. The molecule has 0 aromatic carbocycles. The summed E-state index contributed by atoms with van der Waals surface area (Å²) in [5.74, 6) is 4.58. The van der Waals surface area contributed by atoms with E-state index in [0.717, 1.165) is 35.4 Å². The standard InChI is InChI=1S/C13H17N3/c14-10-4-3-9(6-15-10)16-13-11-7-1-2-8(5-7)12(11)13/h3-4,6-8,11-13,16H,1-2,5H2,(H2,14,15). The quantitative estimate of drug-likeness (QED) is 0.794. The number of pyridine rings is 1. The van der Waals surface area contributed by atoms with Crippen LogP contribution in [0.1, 0.15) is 19.3 Å². The largest absolute Gasteiger partial charge is 0.384 e. The van der Waals surface area contributed by atoms with Crippen LogP contribution in [0.5, 0.6) is 0 Å². The fourth-order valence-electron chi connectivity index (χ4n) is 4.20. The van der Waals surface area contributed by atoms with Crippen molar-refractivity contribution in [3.05, 3.63) is 18.3 Å². The molecule has 3 saturated carbocycles. The molecule has 1 heterocycles. The van der Waals surface area contributed by atoms with Gasteiger partial charge in [0.15, 0.2) is 0 Å². The highest BCUT2D eigenvalue weighted by Gasteiger charge is 2.64. The van der Waals surface area contributed by atoms with E-state index >= 15 is 0 Å². The SMILES string of the molecule is Nc1ccc(NC2C3C4CCC(C4)C23)cn1. The lowest BCUT2D eigenvalue weighted by atomic mass is 10.0. The predicted octanol–water partition coefficient (Wildman–Crippen LogP) is 2.12. The molecule has 4 atom stereocenters. The number of fused-ring (bicyclic) bond motifs is 5. The Bertz CT molecular complexity index is 398. The van der Waals surface area contributed by atoms with Gasteiger partial charge >= 0.3 is 0 Å². The van der Waals surface area contributed by atoms with Gasteiger partial charge in [-0.1, -0.05) is 0 Å². The fraction of sp³-hybridized carbons (Fsp3) is 0.615. The van der Waals surface area contributed by atoms with Crippen LogP contribution in [0, 0.1) is 23.7 Å². The van der Waals surface area contributed by atoms with Crippen LogP contribution in [0.2, 0.25) is 0 Å². The minimum Gasteiger partial charge on any atom is -0.384 e. The molecule has 3 heteroatoms. The van der Waals surface area contributed by atoms with Gasteiger partial charge in [0.05, 0.1) is 11.9 Å². The lowest BCUT2D eigenvalue weighted by molar-refractivity contribution is 0.456. The van der Waals surface area contributed by atoms with Crippen molar-refractivity contribution in [1.82, 2.24) is 4.98 Å². The molecule has 0 saturated heterocycles. The van der Waals surface area contributed by atoms with E-state index in [2.05, 4.69) is 10.3 Å². The van der Waals surface area contributed by atoms with E-state index in [9.17, 15) is 0 Å². The second-order valence-electron chi connectivity index (χ2n) is 5.63. The van der Waals surface area contributed by atoms with E-state index in [1.807, 2.05) is 18.3 Å². The van der Waals surface area contributed by atoms with E-state index < -0.39 is 0 Å². The van der Waals surface area contributed by atoms with Crippen molar-refractivity contribution in [2.45, 2.75) is 25.3 Å². The smallest absolute Gasteiger partial charge is 0.123 e. The number of nitrogens with one attached hydrogen (secondary N) is 1. The predicted molar refractivity (Wildman–Crippen MR) is 63.9 cm³/mol. The van der Waals surface area contributed by atoms with Crippen LogP contribution in [-0.4, -0.2) is 11.0 Å². The van der Waals surface area contributed by atoms with Gasteiger partial charge in [-0.15, -0.1) is 0 Å². The molecule has 3 fully saturated rings. The zero-order valence-corrected chi connectivity index (χ0v) is 9.26. The average Bonchev–Trinajstić information content (AvgIpc) is 2.72. The molecular weight excluding hydrogens is 198 g/mol. The van der Waals surface area contributed by atoms with Crippen molar-refractivity contribution < 1.29 is 0 Å². The zero-order valence-electron chi connectivity index (χ0n) is 9.26. The summed E-state index contributed by atoms with van der Waals surface area (Å²) in [6, 6.07) is 4.64. The number of hydrogen-bond donors (Lipinski definition) is 2. The average molecular weight is 215 g/mol. The molecule has 0 spiro atoms. The molecule has 0 radical (unpaired) electrons. The number of nitrogens with two attached hydrogens (primary N) is 1. The highest BCUT2D eigenvalue weighted by Crippen LogP contribution is 2.66. The molecule has 4 unspecified atom stereocenters. The first-order chi connectivity index (χ1) is 7.83. The van der Waals surface area contributed by atoms with Crippen molar-refractivity contribution in [3.63, 3.8) is 0 Å². The van der Waals surface area contributed by atoms with Gasteiger partial charge in [-0.05, 0) is 55.1 Å². The number of anilines is 2. The van der Waals surface area contributed by atoms with Crippen molar-refractivity contribution in [1.29, 1.82) is 0 Å². The third kappa shape index (κ3) is 1.11. The molecule has 3 nitrogen and oxygen atoms in total. The Morgan fingerprint density at radius 3 is 2.56 bits per heavy atom. The van der Waals surface area contributed by atoms with E-state index in [4.69, 9.17) is 5.73 Å². The minimum atomic E-state index is 0.599. The first-order valence-electron chi connectivity index (χ1n) is 6.31. The van der Waals surface area contributed by atoms with Gasteiger partial charge in [-0.3, -0.25) is 0 Å². The number of hydrogen-bond acceptors (Lipinski definition) is 3. The van der Waals surface area contributed by atoms with Crippen LogP contribution >= 0.6 is 0 Å². The van der Waals surface area contributed by atoms with Crippen LogP contribution in [0.15, 0.2) is 18.3 Å². The Labute approximate surface area is 95.4 Å². The Balaban J connectivity index is 1.48. The van der Waals surface area contributed by atoms with Crippen LogP contribution in [-0.2, 0) is 0 Å². The third-order valence-corrected chi connectivity index (χ3v) is 4.86. The van der Waals surface area contributed by atoms with Crippen LogP contribution in [0.3, 0.4) is 0 Å². The molecule has 3 N–H and O–H groups in total. The fourth-order valence-corrected chi connectivity index (χ4v) is 4.20. The lowest BCUT2D eigenvalue weighted by Crippen LogP contribution is -2.12. The molecule has 2 bridgehead atoms. The Morgan fingerprint density at radius 1 is 1.19 bits per heavy atom. The number of rotatable bonds is 2. The summed E-state index contributed by atoms with van der Waals surface area (Å²) < 4.78 is 0. The summed E-state index contributed by atoms with van der Waals surface area (Å²) in [5, 5.41) is 3.63. The monoisotopic (exact) mass is 215 g/mol. The van der Waals surface area contributed by atoms with E-state index in [0.29, 0.717) is 5.82 Å². The Kier molecular flexibility index (Phi) is 1.61. The van der Waals surface area contributed by atoms with Gasteiger partial charge in [0.1, 0.15) is 5.82 Å². The number of nitrogen functional groups attached to an aromatic ring is 1. The summed E-state index contributed by atoms with van der Waals surface area (Å²) in [7, 11) is 0. The maximum absolute atomic E-state index is 5.58. The highest BCUT2D eigenvalue weighted by atomic mass is 15.0. The highest BCUT2D eigenvalue weighted by molar-refractivity contribution is 5.48. The zero-order chi connectivity index (χ0) is 10.7. The normalized spacial score (nSPS) is 43.1. The van der Waals surface area contributed by atoms with Crippen molar-refractivity contribution in [2.24, 2.45) is 23.7 Å². The van der Waals surface area contributed by atoms with Crippen molar-refractivity contribution >= 4 is 11.5 Å². The van der Waals surface area contributed by atoms with Gasteiger partial charge in [0.2, 0.25) is 0 Å². The van der Waals surface area contributed by atoms with E-state index in [-0.39, 0.29) is 0 Å². The second-order valence-corrected chi connectivity index (χ2v) is 5.63. The first kappa shape index (κ1) is 8.85. The summed E-state index contributed by atoms with van der Waals surface area (Å²) in [4.78, 5) is 4.12. The molecular formula is C13H17N3. The topological polar surface area (TPSA) is 50.9 Å². The number of nitrogens with zero attached hydrogens (tertiary/aromatic N) is 1. The van der Waals surface area contributed by atoms with Crippen LogP contribution in [0.25, 0.3) is 0 Å². The molecule has 16 heavy (non-hydrogen) atoms. The van der Waals surface area contributed by atoms with Crippen LogP contribution < -0.4 is 11.1 Å². The van der Waals surface area contributed by atoms with Gasteiger partial charge in [0, 0.05) is 6.04 Å². The lowest BCUT2D eigenvalue weighted by Gasteiger charge is -2.11. The molecule has 3 aliphatic rings. The van der Waals surface area contributed by atoms with E-state index in [1.54, 1.807) is 0 Å². The Hall–Kier alpha value is -1.25. The van der Waals surface area contributed by atoms with Crippen molar-refractivity contribution in [3.8, 4) is 0 Å². The third-order valence-electron chi connectivity index (χ3n) is 4.86. The molecule has 3 aliphatic carbocycles. The van der Waals surface area contributed by atoms with Crippen molar-refractivity contribution in [2.75, 3.05) is 11.1 Å².